The van der Waals surface area contributed by atoms with Crippen LogP contribution in [-0.4, -0.2) is 22.2 Å². The lowest BCUT2D eigenvalue weighted by molar-refractivity contribution is -0.122. The first kappa shape index (κ1) is 18.5. The van der Waals surface area contributed by atoms with Gasteiger partial charge in [-0.05, 0) is 30.2 Å². The molecule has 1 heterocycles. The Morgan fingerprint density at radius 2 is 2.04 bits per heavy atom. The summed E-state index contributed by atoms with van der Waals surface area (Å²) in [6, 6.07) is 15.1. The Labute approximate surface area is 161 Å². The summed E-state index contributed by atoms with van der Waals surface area (Å²) in [6.07, 6.45) is 0.0757. The summed E-state index contributed by atoms with van der Waals surface area (Å²) < 4.78 is 0. The summed E-state index contributed by atoms with van der Waals surface area (Å²) in [4.78, 5) is 28.7. The van der Waals surface area contributed by atoms with Crippen LogP contribution in [0.3, 0.4) is 0 Å². The number of aryl methyl sites for hydroxylation is 1. The standard InChI is InChI=1S/C19H18ClN3O2S/c1-12-7-8-14(9-15(12)20)22-17(24)10-16-18(25)23-19(26-16)21-11-13-5-3-2-4-6-13/h2-9,16H,10-11H2,1H3,(H,22,24)(H,21,23,25)/t16-/m0/s1. The highest BCUT2D eigenvalue weighted by molar-refractivity contribution is 8.15. The fourth-order valence-corrected chi connectivity index (χ4v) is 3.56. The smallest absolute Gasteiger partial charge is 0.240 e. The molecule has 0 aliphatic carbocycles. The lowest BCUT2D eigenvalue weighted by atomic mass is 10.2. The molecule has 1 aliphatic rings. The van der Waals surface area contributed by atoms with Gasteiger partial charge in [-0.1, -0.05) is 59.8 Å². The van der Waals surface area contributed by atoms with Crippen LogP contribution in [0, 0.1) is 6.92 Å². The van der Waals surface area contributed by atoms with E-state index in [4.69, 9.17) is 11.6 Å². The molecule has 1 saturated heterocycles. The predicted octanol–water partition coefficient (Wildman–Crippen LogP) is 3.76. The first-order valence-corrected chi connectivity index (χ1v) is 9.39. The van der Waals surface area contributed by atoms with Crippen LogP contribution >= 0.6 is 23.4 Å². The number of nitrogens with zero attached hydrogens (tertiary/aromatic N) is 1. The van der Waals surface area contributed by atoms with Crippen molar-refractivity contribution in [2.24, 2.45) is 4.99 Å². The molecule has 7 heteroatoms. The zero-order valence-corrected chi connectivity index (χ0v) is 15.7. The van der Waals surface area contributed by atoms with Crippen molar-refractivity contribution >= 4 is 46.0 Å². The third-order valence-corrected chi connectivity index (χ3v) is 5.38. The average molecular weight is 388 g/mol. The molecule has 0 unspecified atom stereocenters. The first-order valence-electron chi connectivity index (χ1n) is 8.13. The number of amides is 2. The van der Waals surface area contributed by atoms with Gasteiger partial charge in [0, 0.05) is 17.1 Å². The molecule has 0 bridgehead atoms. The fourth-order valence-electron chi connectivity index (χ4n) is 2.41. The number of anilines is 1. The van der Waals surface area contributed by atoms with Crippen LogP contribution in [0.4, 0.5) is 5.69 Å². The molecule has 0 spiro atoms. The SMILES string of the molecule is Cc1ccc(NC(=O)C[C@@H]2SC(=NCc3ccccc3)NC2=O)cc1Cl. The Kier molecular flexibility index (Phi) is 5.96. The number of carbonyl (C=O) groups is 2. The van der Waals surface area contributed by atoms with Crippen LogP contribution in [0.1, 0.15) is 17.5 Å². The van der Waals surface area contributed by atoms with Gasteiger partial charge in [-0.2, -0.15) is 0 Å². The molecular formula is C19H18ClN3O2S. The molecule has 2 N–H and O–H groups in total. The average Bonchev–Trinajstić information content (AvgIpc) is 2.97. The number of halogens is 1. The van der Waals surface area contributed by atoms with E-state index in [1.54, 1.807) is 12.1 Å². The second kappa shape index (κ2) is 8.38. The molecule has 1 fully saturated rings. The summed E-state index contributed by atoms with van der Waals surface area (Å²) in [7, 11) is 0. The van der Waals surface area contributed by atoms with Crippen molar-refractivity contribution in [2.45, 2.75) is 25.1 Å². The Balaban J connectivity index is 1.55. The number of carbonyl (C=O) groups excluding carboxylic acids is 2. The van der Waals surface area contributed by atoms with Crippen LogP contribution in [0.2, 0.25) is 5.02 Å². The zero-order valence-electron chi connectivity index (χ0n) is 14.2. The third-order valence-electron chi connectivity index (χ3n) is 3.85. The maximum atomic E-state index is 12.2. The second-order valence-electron chi connectivity index (χ2n) is 5.92. The second-order valence-corrected chi connectivity index (χ2v) is 7.52. The van der Waals surface area contributed by atoms with Gasteiger partial charge in [-0.25, -0.2) is 0 Å². The topological polar surface area (TPSA) is 70.6 Å². The quantitative estimate of drug-likeness (QED) is 0.820. The van der Waals surface area contributed by atoms with Gasteiger partial charge in [-0.3, -0.25) is 14.6 Å². The van der Waals surface area contributed by atoms with Crippen molar-refractivity contribution in [2.75, 3.05) is 5.32 Å². The summed E-state index contributed by atoms with van der Waals surface area (Å²) in [5.41, 5.74) is 2.62. The number of rotatable bonds is 5. The highest BCUT2D eigenvalue weighted by atomic mass is 35.5. The van der Waals surface area contributed by atoms with Crippen LogP contribution in [0.25, 0.3) is 0 Å². The molecule has 1 atom stereocenters. The lowest BCUT2D eigenvalue weighted by Gasteiger charge is -2.08. The molecule has 134 valence electrons. The van der Waals surface area contributed by atoms with Gasteiger partial charge in [-0.15, -0.1) is 0 Å². The van der Waals surface area contributed by atoms with E-state index in [-0.39, 0.29) is 18.2 Å². The predicted molar refractivity (Wildman–Crippen MR) is 107 cm³/mol. The zero-order chi connectivity index (χ0) is 18.5. The first-order chi connectivity index (χ1) is 12.5. The summed E-state index contributed by atoms with van der Waals surface area (Å²) in [5.74, 6) is -0.430. The lowest BCUT2D eigenvalue weighted by Crippen LogP contribution is -2.28. The van der Waals surface area contributed by atoms with Gasteiger partial charge in [0.1, 0.15) is 5.25 Å². The molecule has 0 aromatic heterocycles. The van der Waals surface area contributed by atoms with Gasteiger partial charge in [0.15, 0.2) is 5.17 Å². The number of thioether (sulfide) groups is 1. The maximum Gasteiger partial charge on any atom is 0.240 e. The normalized spacial score (nSPS) is 18.0. The number of amidine groups is 1. The molecule has 5 nitrogen and oxygen atoms in total. The number of hydrogen-bond acceptors (Lipinski definition) is 4. The van der Waals surface area contributed by atoms with Crippen molar-refractivity contribution in [3.8, 4) is 0 Å². The highest BCUT2D eigenvalue weighted by Gasteiger charge is 2.31. The molecule has 2 aromatic carbocycles. The Morgan fingerprint density at radius 3 is 2.77 bits per heavy atom. The number of benzene rings is 2. The third kappa shape index (κ3) is 4.86. The minimum Gasteiger partial charge on any atom is -0.326 e. The number of aliphatic imine (C=N–C) groups is 1. The van der Waals surface area contributed by atoms with Crippen LogP contribution in [0.5, 0.6) is 0 Å². The van der Waals surface area contributed by atoms with Gasteiger partial charge < -0.3 is 10.6 Å². The molecule has 0 saturated carbocycles. The number of hydrogen-bond donors (Lipinski definition) is 2. The highest BCUT2D eigenvalue weighted by Crippen LogP contribution is 2.24. The Bertz CT molecular complexity index is 855. The molecule has 0 radical (unpaired) electrons. The van der Waals surface area contributed by atoms with E-state index < -0.39 is 5.25 Å². The van der Waals surface area contributed by atoms with Gasteiger partial charge >= 0.3 is 0 Å². The largest absolute Gasteiger partial charge is 0.326 e. The minimum absolute atomic E-state index is 0.0757. The maximum absolute atomic E-state index is 12.2. The van der Waals surface area contributed by atoms with Crippen molar-refractivity contribution in [1.29, 1.82) is 0 Å². The minimum atomic E-state index is -0.481. The van der Waals surface area contributed by atoms with E-state index in [9.17, 15) is 9.59 Å². The number of nitrogens with one attached hydrogen (secondary N) is 2. The molecule has 1 aliphatic heterocycles. The molecule has 26 heavy (non-hydrogen) atoms. The van der Waals surface area contributed by atoms with E-state index in [1.165, 1.54) is 11.8 Å². The monoisotopic (exact) mass is 387 g/mol. The van der Waals surface area contributed by atoms with E-state index >= 15 is 0 Å². The Morgan fingerprint density at radius 1 is 1.27 bits per heavy atom. The van der Waals surface area contributed by atoms with Crippen LogP contribution in [-0.2, 0) is 16.1 Å². The molecular weight excluding hydrogens is 370 g/mol. The van der Waals surface area contributed by atoms with E-state index in [1.807, 2.05) is 43.3 Å². The van der Waals surface area contributed by atoms with Crippen LogP contribution < -0.4 is 10.6 Å². The van der Waals surface area contributed by atoms with E-state index in [2.05, 4.69) is 15.6 Å². The van der Waals surface area contributed by atoms with Gasteiger partial charge in [0.2, 0.25) is 11.8 Å². The summed E-state index contributed by atoms with van der Waals surface area (Å²) >= 11 is 7.34. The van der Waals surface area contributed by atoms with Crippen molar-refractivity contribution in [1.82, 2.24) is 5.32 Å². The summed E-state index contributed by atoms with van der Waals surface area (Å²) in [6.45, 7) is 2.38. The van der Waals surface area contributed by atoms with Gasteiger partial charge in [0.25, 0.3) is 0 Å². The fraction of sp³-hybridized carbons (Fsp3) is 0.211. The molecule has 2 aromatic rings. The molecule has 3 rings (SSSR count). The summed E-state index contributed by atoms with van der Waals surface area (Å²) in [5, 5.41) is 6.17. The van der Waals surface area contributed by atoms with Crippen molar-refractivity contribution < 1.29 is 9.59 Å². The Hall–Kier alpha value is -2.31. The van der Waals surface area contributed by atoms with E-state index in [0.717, 1.165) is 11.1 Å². The van der Waals surface area contributed by atoms with Crippen LogP contribution in [0.15, 0.2) is 53.5 Å². The van der Waals surface area contributed by atoms with Crippen molar-refractivity contribution in [3.63, 3.8) is 0 Å². The van der Waals surface area contributed by atoms with E-state index in [0.29, 0.717) is 22.4 Å². The van der Waals surface area contributed by atoms with Gasteiger partial charge in [0.05, 0.1) is 6.54 Å². The molecule has 2 amide bonds. The van der Waals surface area contributed by atoms with Crippen molar-refractivity contribution in [3.05, 3.63) is 64.7 Å².